The van der Waals surface area contributed by atoms with E-state index in [4.69, 9.17) is 18.9 Å². The van der Waals surface area contributed by atoms with Crippen molar-refractivity contribution in [2.24, 2.45) is 0 Å². The largest absolute Gasteiger partial charge is 0.493 e. The van der Waals surface area contributed by atoms with Gasteiger partial charge in [0.05, 0.1) is 20.6 Å². The minimum atomic E-state index is -0.531. The summed E-state index contributed by atoms with van der Waals surface area (Å²) >= 11 is 2.30. The van der Waals surface area contributed by atoms with Crippen LogP contribution >= 0.6 is 22.6 Å². The third-order valence-electron chi connectivity index (χ3n) is 4.23. The van der Waals surface area contributed by atoms with Gasteiger partial charge in [0, 0.05) is 11.6 Å². The lowest BCUT2D eigenvalue weighted by molar-refractivity contribution is -0.142. The maximum atomic E-state index is 11.9. The molecule has 0 aromatic heterocycles. The Bertz CT molecular complexity index is 612. The van der Waals surface area contributed by atoms with Gasteiger partial charge in [0.1, 0.15) is 20.9 Å². The maximum absolute atomic E-state index is 11.9. The summed E-state index contributed by atoms with van der Waals surface area (Å²) in [5, 5.41) is 0. The summed E-state index contributed by atoms with van der Waals surface area (Å²) < 4.78 is 21.9. The molecule has 0 amide bonds. The van der Waals surface area contributed by atoms with Crippen molar-refractivity contribution in [2.75, 3.05) is 14.2 Å². The van der Waals surface area contributed by atoms with Crippen LogP contribution in [0.1, 0.15) is 31.9 Å². The number of benzene rings is 1. The fourth-order valence-corrected chi connectivity index (χ4v) is 3.82. The summed E-state index contributed by atoms with van der Waals surface area (Å²) in [6.45, 7) is 3.96. The van der Waals surface area contributed by atoms with Gasteiger partial charge in [-0.15, -0.1) is 0 Å². The van der Waals surface area contributed by atoms with Crippen LogP contribution < -0.4 is 14.2 Å². The highest BCUT2D eigenvalue weighted by atomic mass is 127. The molecule has 0 spiro atoms. The zero-order chi connectivity index (χ0) is 15.4. The summed E-state index contributed by atoms with van der Waals surface area (Å²) in [5.41, 5.74) is 0.295. The summed E-state index contributed by atoms with van der Waals surface area (Å²) in [7, 11) is 3.16. The molecule has 0 unspecified atom stereocenters. The molecule has 21 heavy (non-hydrogen) atoms. The number of halogens is 1. The average molecular weight is 404 g/mol. The number of fused-ring (bicyclic) bond motifs is 3. The van der Waals surface area contributed by atoms with Crippen LogP contribution in [0.15, 0.2) is 12.1 Å². The van der Waals surface area contributed by atoms with Crippen LogP contribution in [0, 0.1) is 0 Å². The molecule has 1 fully saturated rings. The molecule has 114 valence electrons. The van der Waals surface area contributed by atoms with Crippen LogP contribution in [0.25, 0.3) is 0 Å². The number of ether oxygens (including phenoxy) is 4. The Kier molecular flexibility index (Phi) is 3.27. The van der Waals surface area contributed by atoms with Crippen molar-refractivity contribution in [3.63, 3.8) is 0 Å². The lowest BCUT2D eigenvalue weighted by atomic mass is 9.79. The molecule has 0 radical (unpaired) electrons. The topological polar surface area (TPSA) is 54.0 Å². The first-order valence-electron chi connectivity index (χ1n) is 6.66. The Morgan fingerprint density at radius 1 is 1.24 bits per heavy atom. The second-order valence-electron chi connectivity index (χ2n) is 5.77. The predicted molar refractivity (Wildman–Crippen MR) is 84.5 cm³/mol. The van der Waals surface area contributed by atoms with Crippen molar-refractivity contribution in [2.45, 2.75) is 35.4 Å². The highest BCUT2D eigenvalue weighted by Gasteiger charge is 2.62. The smallest absolute Gasteiger partial charge is 0.308 e. The Morgan fingerprint density at radius 2 is 1.86 bits per heavy atom. The molecule has 3 rings (SSSR count). The van der Waals surface area contributed by atoms with E-state index < -0.39 is 9.02 Å². The lowest BCUT2D eigenvalue weighted by Gasteiger charge is -2.46. The molecule has 1 aromatic rings. The van der Waals surface area contributed by atoms with E-state index in [0.717, 1.165) is 5.56 Å². The zero-order valence-electron chi connectivity index (χ0n) is 12.4. The molecule has 0 N–H and O–H groups in total. The van der Waals surface area contributed by atoms with E-state index in [-0.39, 0.29) is 12.1 Å². The van der Waals surface area contributed by atoms with Gasteiger partial charge in [-0.3, -0.25) is 4.79 Å². The predicted octanol–water partition coefficient (Wildman–Crippen LogP) is 3.04. The molecule has 2 atom stereocenters. The fourth-order valence-electron chi connectivity index (χ4n) is 2.94. The SMILES string of the molecule is COc1cc2c(cc1OC)[C@@H]1OC(=O)C[C@]1(I)C(C)(C)O2. The van der Waals surface area contributed by atoms with E-state index >= 15 is 0 Å². The minimum absolute atomic E-state index is 0.200. The van der Waals surface area contributed by atoms with Crippen LogP contribution in [0.4, 0.5) is 0 Å². The van der Waals surface area contributed by atoms with E-state index in [2.05, 4.69) is 22.6 Å². The van der Waals surface area contributed by atoms with Crippen LogP contribution in [-0.4, -0.2) is 29.2 Å². The van der Waals surface area contributed by atoms with Gasteiger partial charge < -0.3 is 18.9 Å². The van der Waals surface area contributed by atoms with E-state index in [0.29, 0.717) is 23.7 Å². The first-order valence-corrected chi connectivity index (χ1v) is 7.73. The van der Waals surface area contributed by atoms with Gasteiger partial charge in [0.25, 0.3) is 0 Å². The van der Waals surface area contributed by atoms with Crippen molar-refractivity contribution < 1.29 is 23.7 Å². The summed E-state index contributed by atoms with van der Waals surface area (Å²) in [6, 6.07) is 3.62. The summed E-state index contributed by atoms with van der Waals surface area (Å²) in [4.78, 5) is 11.9. The molecule has 0 aliphatic carbocycles. The molecule has 6 heteroatoms. The van der Waals surface area contributed by atoms with E-state index in [1.807, 2.05) is 19.9 Å². The fraction of sp³-hybridized carbons (Fsp3) is 0.533. The second-order valence-corrected chi connectivity index (χ2v) is 7.69. The van der Waals surface area contributed by atoms with E-state index in [1.165, 1.54) is 0 Å². The number of carbonyl (C=O) groups excluding carboxylic acids is 1. The molecule has 2 aliphatic rings. The standard InChI is InChI=1S/C15H17IO5/c1-14(2)15(16)7-12(17)20-13(15)8-5-10(18-3)11(19-4)6-9(8)21-14/h5-6,13H,7H2,1-4H3/t13-,15+/m0/s1. The summed E-state index contributed by atoms with van der Waals surface area (Å²) in [6.07, 6.45) is -0.0110. The average Bonchev–Trinajstić information content (AvgIpc) is 2.74. The number of alkyl halides is 1. The number of methoxy groups -OCH3 is 2. The van der Waals surface area contributed by atoms with Gasteiger partial charge in [0.15, 0.2) is 11.5 Å². The normalized spacial score (nSPS) is 29.0. The molecule has 1 saturated heterocycles. The molecule has 1 aromatic carbocycles. The van der Waals surface area contributed by atoms with Crippen LogP contribution in [-0.2, 0) is 9.53 Å². The number of carbonyl (C=O) groups is 1. The van der Waals surface area contributed by atoms with Crippen molar-refractivity contribution in [1.29, 1.82) is 0 Å². The van der Waals surface area contributed by atoms with Gasteiger partial charge in [0.2, 0.25) is 0 Å². The van der Waals surface area contributed by atoms with Crippen molar-refractivity contribution in [1.82, 2.24) is 0 Å². The molecule has 5 nitrogen and oxygen atoms in total. The van der Waals surface area contributed by atoms with Gasteiger partial charge in [-0.1, -0.05) is 22.6 Å². The Hall–Kier alpha value is -1.18. The van der Waals surface area contributed by atoms with Gasteiger partial charge in [-0.2, -0.15) is 0 Å². The van der Waals surface area contributed by atoms with E-state index in [1.54, 1.807) is 20.3 Å². The molecule has 2 heterocycles. The number of hydrogen-bond acceptors (Lipinski definition) is 5. The third-order valence-corrected chi connectivity index (χ3v) is 6.48. The van der Waals surface area contributed by atoms with Crippen molar-refractivity contribution in [3.05, 3.63) is 17.7 Å². The third kappa shape index (κ3) is 1.98. The highest BCUT2D eigenvalue weighted by Crippen LogP contribution is 2.59. The number of hydrogen-bond donors (Lipinski definition) is 0. The zero-order valence-corrected chi connectivity index (χ0v) is 14.5. The number of esters is 1. The molecular weight excluding hydrogens is 387 g/mol. The van der Waals surface area contributed by atoms with Gasteiger partial charge in [-0.05, 0) is 19.9 Å². The Morgan fingerprint density at radius 3 is 2.48 bits per heavy atom. The van der Waals surface area contributed by atoms with Crippen molar-refractivity contribution >= 4 is 28.6 Å². The van der Waals surface area contributed by atoms with Crippen LogP contribution in [0.5, 0.6) is 17.2 Å². The molecule has 2 aliphatic heterocycles. The first-order chi connectivity index (χ1) is 9.82. The minimum Gasteiger partial charge on any atom is -0.493 e. The lowest BCUT2D eigenvalue weighted by Crippen LogP contribution is -2.54. The molecule has 0 bridgehead atoms. The Labute approximate surface area is 137 Å². The van der Waals surface area contributed by atoms with Gasteiger partial charge >= 0.3 is 5.97 Å². The van der Waals surface area contributed by atoms with Gasteiger partial charge in [-0.25, -0.2) is 0 Å². The first kappa shape index (κ1) is 14.7. The molecular formula is C15H17IO5. The van der Waals surface area contributed by atoms with E-state index in [9.17, 15) is 4.79 Å². The Balaban J connectivity index is 2.19. The van der Waals surface area contributed by atoms with Crippen LogP contribution in [0.2, 0.25) is 0 Å². The second kappa shape index (κ2) is 4.66. The quantitative estimate of drug-likeness (QED) is 0.431. The maximum Gasteiger partial charge on any atom is 0.308 e. The number of rotatable bonds is 2. The van der Waals surface area contributed by atoms with Crippen molar-refractivity contribution in [3.8, 4) is 17.2 Å². The monoisotopic (exact) mass is 404 g/mol. The highest BCUT2D eigenvalue weighted by molar-refractivity contribution is 14.1. The molecule has 0 saturated carbocycles. The summed E-state index contributed by atoms with van der Waals surface area (Å²) in [5.74, 6) is 1.66. The van der Waals surface area contributed by atoms with Crippen LogP contribution in [0.3, 0.4) is 0 Å².